The quantitative estimate of drug-likeness (QED) is 0.0177. The lowest BCUT2D eigenvalue weighted by Crippen LogP contribution is -2.61. The lowest BCUT2D eigenvalue weighted by Gasteiger charge is -2.29. The van der Waals surface area contributed by atoms with Crippen molar-refractivity contribution >= 4 is 71.1 Å². The number of rotatable bonds is 34. The first-order valence-corrected chi connectivity index (χ1v) is 22.8. The van der Waals surface area contributed by atoms with Crippen LogP contribution in [0.15, 0.2) is 35.3 Å². The number of amides is 8. The smallest absolute Gasteiger partial charge is 0.326 e. The summed E-state index contributed by atoms with van der Waals surface area (Å²) in [5.74, 6) is -13.4. The average Bonchev–Trinajstić information content (AvgIpc) is 3.29. The Morgan fingerprint density at radius 1 is 0.592 bits per heavy atom. The first-order valence-electron chi connectivity index (χ1n) is 22.8. The van der Waals surface area contributed by atoms with Crippen molar-refractivity contribution in [3.63, 3.8) is 0 Å². The molecule has 0 fully saturated rings. The summed E-state index contributed by atoms with van der Waals surface area (Å²) in [5.41, 5.74) is 22.2. The topological polar surface area (TPSA) is 469 Å². The van der Waals surface area contributed by atoms with Gasteiger partial charge < -0.3 is 80.6 Å². The van der Waals surface area contributed by atoms with E-state index in [9.17, 15) is 68.1 Å². The van der Waals surface area contributed by atoms with Crippen LogP contribution in [-0.4, -0.2) is 153 Å². The molecule has 396 valence electrons. The van der Waals surface area contributed by atoms with Gasteiger partial charge in [-0.3, -0.25) is 52.9 Å². The van der Waals surface area contributed by atoms with E-state index in [1.807, 2.05) is 0 Å². The number of aliphatic hydroxyl groups is 1. The Labute approximate surface area is 409 Å². The zero-order chi connectivity index (χ0) is 54.0. The van der Waals surface area contributed by atoms with Crippen molar-refractivity contribution in [2.24, 2.45) is 39.8 Å². The number of primary amides is 1. The predicted molar refractivity (Wildman–Crippen MR) is 253 cm³/mol. The van der Waals surface area contributed by atoms with Crippen molar-refractivity contribution in [3.05, 3.63) is 35.9 Å². The van der Waals surface area contributed by atoms with E-state index in [4.69, 9.17) is 28.0 Å². The first kappa shape index (κ1) is 61.6. The number of carbonyl (C=O) groups is 11. The highest BCUT2D eigenvalue weighted by Crippen LogP contribution is 2.13. The van der Waals surface area contributed by atoms with Gasteiger partial charge >= 0.3 is 17.9 Å². The molecule has 0 saturated heterocycles. The van der Waals surface area contributed by atoms with E-state index in [1.54, 1.807) is 58.0 Å². The van der Waals surface area contributed by atoms with Crippen molar-refractivity contribution in [2.75, 3.05) is 13.2 Å². The SMILES string of the molecule is CC[C@H](C)[C@H](NC(=O)[C@H](CCC(N)=O)NC(=O)[C@H](CO)NC(=O)[C@H](Cc1ccccc1)NC(=O)[C@@H](N)CC(=O)O)C(=O)N[C@@H](CCC(=O)O)C(=O)N[C@@H](CC(C)C)C(=O)N[C@@H](CCCN=C(N)N)C(=O)O. The molecule has 27 heteroatoms. The van der Waals surface area contributed by atoms with Gasteiger partial charge in [-0.05, 0) is 49.5 Å². The number of hydrogen-bond donors (Lipinski definition) is 15. The van der Waals surface area contributed by atoms with Crippen LogP contribution in [0.25, 0.3) is 0 Å². The Hall–Kier alpha value is -7.42. The molecule has 1 aromatic carbocycles. The lowest BCUT2D eigenvalue weighted by molar-refractivity contribution is -0.142. The van der Waals surface area contributed by atoms with Crippen molar-refractivity contribution < 1.29 is 73.2 Å². The summed E-state index contributed by atoms with van der Waals surface area (Å²) in [4.78, 5) is 146. The minimum Gasteiger partial charge on any atom is -0.481 e. The summed E-state index contributed by atoms with van der Waals surface area (Å²) in [6.45, 7) is 5.64. The molecule has 1 aromatic rings. The number of aliphatic imine (C=N–C) groups is 1. The molecule has 0 unspecified atom stereocenters. The van der Waals surface area contributed by atoms with E-state index < -0.39 is 158 Å². The Kier molecular flexibility index (Phi) is 27.5. The third-order valence-corrected chi connectivity index (χ3v) is 10.7. The zero-order valence-electron chi connectivity index (χ0n) is 40.2. The molecular weight excluding hydrogens is 937 g/mol. The van der Waals surface area contributed by atoms with E-state index in [1.165, 1.54) is 0 Å². The molecule has 0 saturated carbocycles. The first-order chi connectivity index (χ1) is 33.3. The number of aliphatic hydroxyl groups excluding tert-OH is 1. The minimum atomic E-state index is -1.80. The molecule has 0 aliphatic heterocycles. The van der Waals surface area contributed by atoms with Crippen LogP contribution in [0.1, 0.15) is 91.0 Å². The van der Waals surface area contributed by atoms with Gasteiger partial charge in [-0.15, -0.1) is 0 Å². The molecule has 0 aliphatic carbocycles. The monoisotopic (exact) mass is 1010 g/mol. The molecule has 0 heterocycles. The summed E-state index contributed by atoms with van der Waals surface area (Å²) in [7, 11) is 0. The normalized spacial score (nSPS) is 14.7. The third kappa shape index (κ3) is 24.1. The van der Waals surface area contributed by atoms with Crippen molar-refractivity contribution in [1.29, 1.82) is 0 Å². The van der Waals surface area contributed by atoms with E-state index in [0.29, 0.717) is 5.56 Å². The highest BCUT2D eigenvalue weighted by Gasteiger charge is 2.36. The maximum Gasteiger partial charge on any atom is 0.326 e. The number of carbonyl (C=O) groups excluding carboxylic acids is 8. The third-order valence-electron chi connectivity index (χ3n) is 10.7. The number of carboxylic acids is 3. The van der Waals surface area contributed by atoms with Crippen LogP contribution in [0.4, 0.5) is 0 Å². The van der Waals surface area contributed by atoms with Crippen LogP contribution < -0.4 is 60.2 Å². The van der Waals surface area contributed by atoms with Crippen LogP contribution in [0.3, 0.4) is 0 Å². The summed E-state index contributed by atoms with van der Waals surface area (Å²) >= 11 is 0. The number of hydrogen-bond acceptors (Lipinski definition) is 14. The summed E-state index contributed by atoms with van der Waals surface area (Å²) in [6, 6.07) is -4.20. The van der Waals surface area contributed by atoms with Crippen molar-refractivity contribution in [3.8, 4) is 0 Å². The maximum absolute atomic E-state index is 14.0. The number of nitrogens with one attached hydrogen (secondary N) is 7. The second-order valence-electron chi connectivity index (χ2n) is 17.2. The van der Waals surface area contributed by atoms with Gasteiger partial charge in [-0.25, -0.2) is 4.79 Å². The largest absolute Gasteiger partial charge is 0.481 e. The fourth-order valence-corrected chi connectivity index (χ4v) is 6.68. The Morgan fingerprint density at radius 3 is 1.61 bits per heavy atom. The fraction of sp³-hybridized carbons (Fsp3) is 0.591. The molecule has 71 heavy (non-hydrogen) atoms. The van der Waals surface area contributed by atoms with Gasteiger partial charge in [-0.1, -0.05) is 64.4 Å². The summed E-state index contributed by atoms with van der Waals surface area (Å²) in [5, 5.41) is 55.3. The molecule has 0 spiro atoms. The molecule has 8 amide bonds. The molecule has 19 N–H and O–H groups in total. The van der Waals surface area contributed by atoms with Gasteiger partial charge in [0, 0.05) is 25.8 Å². The second-order valence-corrected chi connectivity index (χ2v) is 17.2. The lowest BCUT2D eigenvalue weighted by atomic mass is 9.96. The highest BCUT2D eigenvalue weighted by molar-refractivity contribution is 5.98. The van der Waals surface area contributed by atoms with Gasteiger partial charge in [0.1, 0.15) is 42.3 Å². The average molecular weight is 1010 g/mol. The second kappa shape index (κ2) is 31.7. The van der Waals surface area contributed by atoms with Crippen molar-refractivity contribution in [1.82, 2.24) is 37.2 Å². The predicted octanol–water partition coefficient (Wildman–Crippen LogP) is -4.22. The van der Waals surface area contributed by atoms with Crippen LogP contribution in [0.2, 0.25) is 0 Å². The van der Waals surface area contributed by atoms with Gasteiger partial charge in [0.05, 0.1) is 19.1 Å². The summed E-state index contributed by atoms with van der Waals surface area (Å²) < 4.78 is 0. The van der Waals surface area contributed by atoms with Gasteiger partial charge in [0.15, 0.2) is 5.96 Å². The number of carboxylic acid groups (broad SMARTS) is 3. The summed E-state index contributed by atoms with van der Waals surface area (Å²) in [6.07, 6.45) is -2.80. The van der Waals surface area contributed by atoms with Crippen LogP contribution in [-0.2, 0) is 59.2 Å². The van der Waals surface area contributed by atoms with E-state index in [0.717, 1.165) is 0 Å². The number of benzene rings is 1. The maximum atomic E-state index is 14.0. The highest BCUT2D eigenvalue weighted by atomic mass is 16.4. The molecule has 27 nitrogen and oxygen atoms in total. The number of aliphatic carboxylic acids is 3. The van der Waals surface area contributed by atoms with Gasteiger partial charge in [0.25, 0.3) is 0 Å². The molecule has 0 bridgehead atoms. The molecule has 1 rings (SSSR count). The van der Waals surface area contributed by atoms with Crippen LogP contribution in [0.5, 0.6) is 0 Å². The van der Waals surface area contributed by atoms with Crippen LogP contribution in [0, 0.1) is 11.8 Å². The van der Waals surface area contributed by atoms with Crippen molar-refractivity contribution in [2.45, 2.75) is 140 Å². The molecular formula is C44H70N12O15. The molecule has 0 radical (unpaired) electrons. The number of nitrogens with two attached hydrogens (primary N) is 4. The number of nitrogens with zero attached hydrogens (tertiary/aromatic N) is 1. The van der Waals surface area contributed by atoms with Crippen LogP contribution >= 0.6 is 0 Å². The van der Waals surface area contributed by atoms with Gasteiger partial charge in [-0.2, -0.15) is 0 Å². The van der Waals surface area contributed by atoms with E-state index in [-0.39, 0.29) is 50.5 Å². The number of guanidine groups is 1. The van der Waals surface area contributed by atoms with E-state index in [2.05, 4.69) is 42.2 Å². The Morgan fingerprint density at radius 2 is 1.08 bits per heavy atom. The van der Waals surface area contributed by atoms with E-state index >= 15 is 0 Å². The molecule has 0 aromatic heterocycles. The Bertz CT molecular complexity index is 2040. The zero-order valence-corrected chi connectivity index (χ0v) is 40.2. The van der Waals surface area contributed by atoms with Gasteiger partial charge in [0.2, 0.25) is 47.3 Å². The fourth-order valence-electron chi connectivity index (χ4n) is 6.68. The standard InChI is InChI=1S/C44H70N12O15/c1-5-23(4)35(42(69)51-27(14-16-33(59)60)37(64)54-29(18-22(2)3)39(66)52-28(43(70)71)12-9-17-49-44(47)48)56-38(65)26(13-15-32(46)58)50-41(68)31(21-57)55-40(67)30(19-24-10-7-6-8-11-24)53-36(63)25(45)20-34(61)62/h6-8,10-11,22-23,25-31,35,57H,5,9,12-21,45H2,1-4H3,(H2,46,58)(H,50,68)(H,51,69)(H,52,66)(H,53,63)(H,54,64)(H,55,67)(H,56,65)(H,59,60)(H,61,62)(H,70,71)(H4,47,48,49)/t23-,25-,26-,27-,28-,29-,30-,31-,35-/m0/s1. The minimum absolute atomic E-state index is 0.0174. The molecule has 0 aliphatic rings. The Balaban J connectivity index is 3.43. The molecule has 9 atom stereocenters.